The molecular formula is C3H12AlO12P3. The molecule has 0 bridgehead atoms. The van der Waals surface area contributed by atoms with E-state index in [4.69, 9.17) is 30.6 Å². The van der Waals surface area contributed by atoms with Crippen LogP contribution in [0.15, 0.2) is 0 Å². The number of hydrogen-bond acceptors (Lipinski definition) is 12. The van der Waals surface area contributed by atoms with Crippen molar-refractivity contribution in [2.45, 2.75) is 18.1 Å². The standard InChI is InChI=1S/3CH5O4P.Al/c3*2-1(3)6(4)5;/h3*1-3,6H,(H,4,5);/q;;;+3/p-3. The van der Waals surface area contributed by atoms with Gasteiger partial charge in [-0.1, -0.05) is 0 Å². The molecule has 0 rings (SSSR count). The maximum Gasteiger partial charge on any atom is 3.00 e. The fraction of sp³-hybridized carbons (Fsp3) is 1.00. The minimum atomic E-state index is -3.34. The molecule has 114 valence electrons. The van der Waals surface area contributed by atoms with Crippen molar-refractivity contribution < 1.29 is 59.0 Å². The van der Waals surface area contributed by atoms with E-state index in [1.807, 2.05) is 0 Å². The van der Waals surface area contributed by atoms with E-state index in [0.29, 0.717) is 0 Å². The molecule has 0 radical (unpaired) electrons. The molecule has 12 nitrogen and oxygen atoms in total. The van der Waals surface area contributed by atoms with Gasteiger partial charge in [0.2, 0.25) is 0 Å². The zero-order valence-corrected chi connectivity index (χ0v) is 13.1. The fourth-order valence-corrected chi connectivity index (χ4v) is 0. The molecule has 3 unspecified atom stereocenters. The van der Waals surface area contributed by atoms with E-state index in [1.165, 1.54) is 0 Å². The van der Waals surface area contributed by atoms with Gasteiger partial charge in [0.15, 0.2) is 18.1 Å². The second-order valence-corrected chi connectivity index (χ2v) is 5.54. The zero-order chi connectivity index (χ0) is 15.5. The molecule has 6 N–H and O–H groups in total. The summed E-state index contributed by atoms with van der Waals surface area (Å²) in [6.07, 6.45) is 0. The molecule has 0 heterocycles. The van der Waals surface area contributed by atoms with Gasteiger partial charge in [0.05, 0.1) is 24.1 Å². The maximum atomic E-state index is 9.27. The van der Waals surface area contributed by atoms with Crippen molar-refractivity contribution >= 4 is 41.4 Å². The minimum absolute atomic E-state index is 0. The fourth-order valence-electron chi connectivity index (χ4n) is 0. The van der Waals surface area contributed by atoms with Crippen LogP contribution in [0.1, 0.15) is 0 Å². The molecule has 0 saturated heterocycles. The van der Waals surface area contributed by atoms with Gasteiger partial charge in [0, 0.05) is 0 Å². The number of hydrogen-bond donors (Lipinski definition) is 6. The summed E-state index contributed by atoms with van der Waals surface area (Å²) < 4.78 is 27.8. The van der Waals surface area contributed by atoms with Crippen LogP contribution in [0.5, 0.6) is 0 Å². The molecule has 0 aliphatic carbocycles. The normalized spacial score (nSPS) is 14.5. The van der Waals surface area contributed by atoms with E-state index in [0.717, 1.165) is 0 Å². The van der Waals surface area contributed by atoms with E-state index < -0.39 is 42.2 Å². The Balaban J connectivity index is -0.0000000865. The number of aliphatic hydroxyl groups excluding tert-OH is 3. The zero-order valence-electron chi connectivity index (χ0n) is 8.94. The van der Waals surface area contributed by atoms with Crippen LogP contribution in [0.25, 0.3) is 0 Å². The quantitative estimate of drug-likeness (QED) is 0.156. The van der Waals surface area contributed by atoms with Gasteiger partial charge < -0.3 is 59.0 Å². The van der Waals surface area contributed by atoms with Crippen LogP contribution in [0.4, 0.5) is 0 Å². The monoisotopic (exact) mass is 360 g/mol. The number of aliphatic hydroxyl groups is 6. The first-order chi connectivity index (χ1) is 7.93. The second-order valence-electron chi connectivity index (χ2n) is 2.08. The summed E-state index contributed by atoms with van der Waals surface area (Å²) in [5.74, 6) is 0. The van der Waals surface area contributed by atoms with Crippen LogP contribution in [-0.4, -0.2) is 66.1 Å². The Morgan fingerprint density at radius 2 is 0.632 bits per heavy atom. The average molecular weight is 360 g/mol. The van der Waals surface area contributed by atoms with E-state index in [-0.39, 0.29) is 17.4 Å². The Hall–Kier alpha value is 0.862. The first-order valence-corrected chi connectivity index (χ1v) is 7.82. The predicted molar refractivity (Wildman–Crippen MR) is 57.4 cm³/mol. The minimum Gasteiger partial charge on any atom is -0.798 e. The molecule has 0 aromatic carbocycles. The molecular weight excluding hydrogens is 348 g/mol. The molecule has 0 fully saturated rings. The molecule has 0 aromatic heterocycles. The van der Waals surface area contributed by atoms with Crippen molar-refractivity contribution in [1.82, 2.24) is 0 Å². The molecule has 3 atom stereocenters. The molecule has 19 heavy (non-hydrogen) atoms. The largest absolute Gasteiger partial charge is 3.00 e. The predicted octanol–water partition coefficient (Wildman–Crippen LogP) is -6.11. The molecule has 0 aliphatic heterocycles. The Kier molecular flexibility index (Phi) is 25.0. The third-order valence-electron chi connectivity index (χ3n) is 0.632. The Morgan fingerprint density at radius 1 is 0.579 bits per heavy atom. The van der Waals surface area contributed by atoms with Crippen molar-refractivity contribution in [1.29, 1.82) is 0 Å². The Morgan fingerprint density at radius 3 is 0.632 bits per heavy atom. The smallest absolute Gasteiger partial charge is 0.798 e. The van der Waals surface area contributed by atoms with Crippen LogP contribution in [0.3, 0.4) is 0 Å². The number of rotatable bonds is 3. The first kappa shape index (κ1) is 28.1. The van der Waals surface area contributed by atoms with Gasteiger partial charge >= 0.3 is 17.4 Å². The molecule has 16 heteroatoms. The summed E-state index contributed by atoms with van der Waals surface area (Å²) in [7, 11) is -10.0. The van der Waals surface area contributed by atoms with Gasteiger partial charge in [-0.2, -0.15) is 0 Å². The van der Waals surface area contributed by atoms with Gasteiger partial charge in [0.1, 0.15) is 0 Å². The van der Waals surface area contributed by atoms with Crippen molar-refractivity contribution in [2.75, 3.05) is 0 Å². The topological polar surface area (TPSA) is 242 Å². The SMILES string of the molecule is O=[PH]([O-])C(O)O.O=[PH]([O-])C(O)O.O=[PH]([O-])C(O)O.[Al+3]. The Bertz CT molecular complexity index is 224. The maximum absolute atomic E-state index is 9.27. The van der Waals surface area contributed by atoms with Crippen LogP contribution in [0, 0.1) is 0 Å². The van der Waals surface area contributed by atoms with Crippen LogP contribution in [0.2, 0.25) is 0 Å². The van der Waals surface area contributed by atoms with Crippen molar-refractivity contribution in [3.05, 3.63) is 0 Å². The van der Waals surface area contributed by atoms with Gasteiger partial charge in [-0.3, -0.25) is 0 Å². The van der Waals surface area contributed by atoms with Gasteiger partial charge in [-0.05, 0) is 0 Å². The summed E-state index contributed by atoms with van der Waals surface area (Å²) in [6.45, 7) is 0. The molecule has 0 aliphatic rings. The Labute approximate surface area is 119 Å². The second kappa shape index (κ2) is 16.9. The van der Waals surface area contributed by atoms with Crippen molar-refractivity contribution in [2.24, 2.45) is 0 Å². The molecule has 0 saturated carbocycles. The summed E-state index contributed by atoms with van der Waals surface area (Å²) in [4.78, 5) is 27.8. The van der Waals surface area contributed by atoms with Gasteiger partial charge in [0.25, 0.3) is 0 Å². The van der Waals surface area contributed by atoms with E-state index in [1.54, 1.807) is 0 Å². The van der Waals surface area contributed by atoms with Crippen LogP contribution >= 0.6 is 24.1 Å². The summed E-state index contributed by atoms with van der Waals surface area (Å²) in [5, 5.41) is 45.6. The van der Waals surface area contributed by atoms with Crippen molar-refractivity contribution in [3.63, 3.8) is 0 Å². The van der Waals surface area contributed by atoms with Gasteiger partial charge in [-0.25, -0.2) is 0 Å². The van der Waals surface area contributed by atoms with E-state index in [2.05, 4.69) is 0 Å². The third-order valence-corrected chi connectivity index (χ3v) is 1.90. The van der Waals surface area contributed by atoms with E-state index in [9.17, 15) is 28.4 Å². The van der Waals surface area contributed by atoms with Crippen molar-refractivity contribution in [3.8, 4) is 0 Å². The van der Waals surface area contributed by atoms with Crippen LogP contribution < -0.4 is 14.7 Å². The van der Waals surface area contributed by atoms with E-state index >= 15 is 0 Å². The molecule has 0 aromatic rings. The van der Waals surface area contributed by atoms with Gasteiger partial charge in [-0.15, -0.1) is 0 Å². The first-order valence-electron chi connectivity index (χ1n) is 3.64. The third kappa shape index (κ3) is 32.4. The summed E-state index contributed by atoms with van der Waals surface area (Å²) >= 11 is 0. The average Bonchev–Trinajstić information content (AvgIpc) is 2.18. The van der Waals surface area contributed by atoms with Crippen LogP contribution in [-0.2, 0) is 13.7 Å². The molecule has 0 spiro atoms. The molecule has 0 amide bonds. The summed E-state index contributed by atoms with van der Waals surface area (Å²) in [6, 6.07) is -6.47. The summed E-state index contributed by atoms with van der Waals surface area (Å²) in [5.41, 5.74) is 0.